The number of likely N-dealkylation sites (tertiary alicyclic amines) is 1. The molecule has 122 valence electrons. The second-order valence-electron chi connectivity index (χ2n) is 6.37. The summed E-state index contributed by atoms with van der Waals surface area (Å²) in [5, 5.41) is 16.1. The Morgan fingerprint density at radius 1 is 1.50 bits per heavy atom. The third kappa shape index (κ3) is 2.39. The van der Waals surface area contributed by atoms with Crippen LogP contribution < -0.4 is 0 Å². The number of aromatic nitrogens is 2. The average molecular weight is 317 g/mol. The van der Waals surface area contributed by atoms with E-state index in [1.807, 2.05) is 12.0 Å². The van der Waals surface area contributed by atoms with Crippen LogP contribution >= 0.6 is 0 Å². The molecule has 1 aromatic heterocycles. The normalized spacial score (nSPS) is 29.7. The molecule has 1 saturated heterocycles. The fourth-order valence-electron chi connectivity index (χ4n) is 3.35. The summed E-state index contributed by atoms with van der Waals surface area (Å²) >= 11 is 0. The summed E-state index contributed by atoms with van der Waals surface area (Å²) in [6.07, 6.45) is -1.62. The molecule has 3 rings (SSSR count). The zero-order valence-corrected chi connectivity index (χ0v) is 12.2. The summed E-state index contributed by atoms with van der Waals surface area (Å²) in [5.74, 6) is -0.498. The Labute approximate surface area is 125 Å². The van der Waals surface area contributed by atoms with Crippen molar-refractivity contribution < 1.29 is 23.1 Å². The minimum Gasteiger partial charge on any atom is -0.387 e. The lowest BCUT2D eigenvalue weighted by Gasteiger charge is -2.41. The van der Waals surface area contributed by atoms with Crippen molar-refractivity contribution in [3.05, 3.63) is 17.5 Å². The van der Waals surface area contributed by atoms with Crippen molar-refractivity contribution >= 4 is 5.91 Å². The molecule has 5 nitrogen and oxygen atoms in total. The van der Waals surface area contributed by atoms with E-state index in [0.717, 1.165) is 19.3 Å². The Morgan fingerprint density at radius 3 is 2.68 bits per heavy atom. The highest BCUT2D eigenvalue weighted by Gasteiger charge is 2.51. The van der Waals surface area contributed by atoms with Crippen LogP contribution in [0.5, 0.6) is 0 Å². The van der Waals surface area contributed by atoms with Gasteiger partial charge in [-0.25, -0.2) is 0 Å². The van der Waals surface area contributed by atoms with Crippen molar-refractivity contribution in [2.24, 2.45) is 11.8 Å². The predicted molar refractivity (Wildman–Crippen MR) is 70.9 cm³/mol. The molecule has 1 aromatic rings. The monoisotopic (exact) mass is 317 g/mol. The largest absolute Gasteiger partial charge is 0.432 e. The molecule has 0 unspecified atom stereocenters. The Kier molecular flexibility index (Phi) is 3.47. The lowest BCUT2D eigenvalue weighted by Crippen LogP contribution is -2.48. The molecule has 0 radical (unpaired) electrons. The number of alkyl halides is 3. The van der Waals surface area contributed by atoms with Crippen molar-refractivity contribution in [3.63, 3.8) is 0 Å². The van der Waals surface area contributed by atoms with Crippen molar-refractivity contribution in [3.8, 4) is 0 Å². The maximum atomic E-state index is 12.6. The van der Waals surface area contributed by atoms with Gasteiger partial charge < -0.3 is 10.0 Å². The smallest absolute Gasteiger partial charge is 0.387 e. The number of nitrogens with one attached hydrogen (secondary N) is 1. The van der Waals surface area contributed by atoms with E-state index < -0.39 is 23.4 Å². The maximum Gasteiger partial charge on any atom is 0.432 e. The van der Waals surface area contributed by atoms with Gasteiger partial charge in [-0.3, -0.25) is 9.89 Å². The van der Waals surface area contributed by atoms with E-state index in [4.69, 9.17) is 0 Å². The molecule has 2 fully saturated rings. The number of carbonyl (C=O) groups excluding carboxylic acids is 1. The predicted octanol–water partition coefficient (Wildman–Crippen LogP) is 2.05. The first-order chi connectivity index (χ1) is 10.2. The number of H-pyrrole nitrogens is 1. The van der Waals surface area contributed by atoms with E-state index in [0.29, 0.717) is 12.6 Å². The van der Waals surface area contributed by atoms with Crippen molar-refractivity contribution in [1.29, 1.82) is 0 Å². The number of nitrogens with zero attached hydrogens (tertiary/aromatic N) is 2. The van der Waals surface area contributed by atoms with Crippen LogP contribution in [0.15, 0.2) is 6.07 Å². The van der Waals surface area contributed by atoms with E-state index in [1.54, 1.807) is 0 Å². The number of β-amino-alcohol motifs (C(OH)–C–C–N with tert-alkyl or cyclic N) is 1. The minimum absolute atomic E-state index is 0.0946. The molecular formula is C14H18F3N3O2. The van der Waals surface area contributed by atoms with Gasteiger partial charge in [0.25, 0.3) is 5.91 Å². The summed E-state index contributed by atoms with van der Waals surface area (Å²) in [6.45, 7) is 2.36. The second-order valence-corrected chi connectivity index (χ2v) is 6.37. The van der Waals surface area contributed by atoms with E-state index in [2.05, 4.69) is 5.10 Å². The summed E-state index contributed by atoms with van der Waals surface area (Å²) in [6, 6.07) is 0.716. The van der Waals surface area contributed by atoms with Gasteiger partial charge in [0.1, 0.15) is 5.69 Å². The molecule has 22 heavy (non-hydrogen) atoms. The van der Waals surface area contributed by atoms with Crippen LogP contribution in [0.2, 0.25) is 0 Å². The fourth-order valence-corrected chi connectivity index (χ4v) is 3.35. The lowest BCUT2D eigenvalue weighted by molar-refractivity contribution is -0.141. The van der Waals surface area contributed by atoms with Gasteiger partial charge in [0, 0.05) is 18.5 Å². The van der Waals surface area contributed by atoms with E-state index in [9.17, 15) is 23.1 Å². The lowest BCUT2D eigenvalue weighted by atomic mass is 9.69. The molecule has 8 heteroatoms. The first-order valence-electron chi connectivity index (χ1n) is 7.36. The Bertz CT molecular complexity index is 582. The summed E-state index contributed by atoms with van der Waals surface area (Å²) in [4.78, 5) is 13.7. The zero-order chi connectivity index (χ0) is 16.1. The topological polar surface area (TPSA) is 69.2 Å². The molecule has 1 aliphatic heterocycles. The number of halogens is 3. The molecule has 1 amide bonds. The first-order valence-corrected chi connectivity index (χ1v) is 7.36. The SMILES string of the molecule is C[C@@H]1CN(C(=O)c2cc(C(F)(F)F)[nH]n2)C[C@@]1(O)C1CCC1. The Balaban J connectivity index is 1.75. The zero-order valence-electron chi connectivity index (χ0n) is 12.2. The number of amides is 1. The summed E-state index contributed by atoms with van der Waals surface area (Å²) in [7, 11) is 0. The third-order valence-corrected chi connectivity index (χ3v) is 4.99. The van der Waals surface area contributed by atoms with E-state index in [1.165, 1.54) is 4.90 Å². The molecule has 2 heterocycles. The summed E-state index contributed by atoms with van der Waals surface area (Å²) in [5.41, 5.74) is -2.24. The summed E-state index contributed by atoms with van der Waals surface area (Å²) < 4.78 is 37.7. The Hall–Kier alpha value is -1.57. The number of carbonyl (C=O) groups is 1. The van der Waals surface area contributed by atoms with Crippen LogP contribution in [-0.4, -0.2) is 44.8 Å². The van der Waals surface area contributed by atoms with Crippen LogP contribution in [0.1, 0.15) is 42.4 Å². The van der Waals surface area contributed by atoms with Gasteiger partial charge in [0.05, 0.1) is 12.1 Å². The molecule has 0 spiro atoms. The first kappa shape index (κ1) is 15.3. The van der Waals surface area contributed by atoms with Crippen LogP contribution in [0.3, 0.4) is 0 Å². The quantitative estimate of drug-likeness (QED) is 0.877. The Morgan fingerprint density at radius 2 is 2.18 bits per heavy atom. The van der Waals surface area contributed by atoms with Crippen LogP contribution in [-0.2, 0) is 6.18 Å². The van der Waals surface area contributed by atoms with E-state index >= 15 is 0 Å². The molecule has 0 aromatic carbocycles. The number of aliphatic hydroxyl groups is 1. The molecule has 0 bridgehead atoms. The van der Waals surface area contributed by atoms with Gasteiger partial charge in [-0.1, -0.05) is 13.3 Å². The minimum atomic E-state index is -4.56. The third-order valence-electron chi connectivity index (χ3n) is 4.99. The highest BCUT2D eigenvalue weighted by molar-refractivity contribution is 5.92. The molecule has 1 aliphatic carbocycles. The van der Waals surface area contributed by atoms with E-state index in [-0.39, 0.29) is 24.1 Å². The van der Waals surface area contributed by atoms with Crippen LogP contribution in [0, 0.1) is 11.8 Å². The van der Waals surface area contributed by atoms with Gasteiger partial charge in [-0.2, -0.15) is 18.3 Å². The van der Waals surface area contributed by atoms with Gasteiger partial charge in [0.2, 0.25) is 0 Å². The van der Waals surface area contributed by atoms with Gasteiger partial charge >= 0.3 is 6.18 Å². The standard InChI is InChI=1S/C14H18F3N3O2/c1-8-6-20(7-13(8,22)9-3-2-4-9)12(21)10-5-11(19-18-10)14(15,16)17/h5,8-9,22H,2-4,6-7H2,1H3,(H,18,19)/t8-,13+/m1/s1. The van der Waals surface area contributed by atoms with Gasteiger partial charge in [-0.05, 0) is 18.8 Å². The maximum absolute atomic E-state index is 12.6. The highest BCUT2D eigenvalue weighted by atomic mass is 19.4. The van der Waals surface area contributed by atoms with Crippen molar-refractivity contribution in [2.45, 2.75) is 38.0 Å². The van der Waals surface area contributed by atoms with Gasteiger partial charge in [-0.15, -0.1) is 0 Å². The van der Waals surface area contributed by atoms with Crippen LogP contribution in [0.4, 0.5) is 13.2 Å². The van der Waals surface area contributed by atoms with Crippen LogP contribution in [0.25, 0.3) is 0 Å². The molecule has 2 aliphatic rings. The number of hydrogen-bond donors (Lipinski definition) is 2. The molecule has 1 saturated carbocycles. The fraction of sp³-hybridized carbons (Fsp3) is 0.714. The average Bonchev–Trinajstić information content (AvgIpc) is 2.92. The van der Waals surface area contributed by atoms with Crippen molar-refractivity contribution in [2.75, 3.05) is 13.1 Å². The molecule has 2 atom stereocenters. The number of rotatable bonds is 2. The number of hydrogen-bond acceptors (Lipinski definition) is 3. The molecule has 2 N–H and O–H groups in total. The second kappa shape index (κ2) is 4.97. The number of aromatic amines is 1. The van der Waals surface area contributed by atoms with Gasteiger partial charge in [0.15, 0.2) is 5.69 Å². The molecular weight excluding hydrogens is 299 g/mol. The van der Waals surface area contributed by atoms with Crippen molar-refractivity contribution in [1.82, 2.24) is 15.1 Å². The highest BCUT2D eigenvalue weighted by Crippen LogP contribution is 2.44.